The smallest absolute Gasteiger partial charge is 0.407 e. The molecule has 0 radical (unpaired) electrons. The normalized spacial score (nSPS) is 20.3. The van der Waals surface area contributed by atoms with Crippen LogP contribution in [0.1, 0.15) is 72.1 Å². The molecule has 0 aromatic heterocycles. The number of nitriles is 1. The lowest BCUT2D eigenvalue weighted by molar-refractivity contribution is -0.151. The molecule has 0 aromatic carbocycles. The minimum Gasteiger partial charge on any atom is -0.467 e. The molecule has 1 amide bonds. The van der Waals surface area contributed by atoms with Crippen LogP contribution in [0.4, 0.5) is 4.79 Å². The summed E-state index contributed by atoms with van der Waals surface area (Å²) in [6.45, 7) is 5.32. The quantitative estimate of drug-likeness (QED) is 0.163. The van der Waals surface area contributed by atoms with Crippen LogP contribution in [0, 0.1) is 23.2 Å². The zero-order valence-corrected chi connectivity index (χ0v) is 22.6. The van der Waals surface area contributed by atoms with Crippen LogP contribution in [0.15, 0.2) is 3.15 Å². The van der Waals surface area contributed by atoms with Crippen LogP contribution in [0.3, 0.4) is 0 Å². The summed E-state index contributed by atoms with van der Waals surface area (Å²) < 4.78 is 14.0. The van der Waals surface area contributed by atoms with Crippen molar-refractivity contribution >= 4 is 33.1 Å². The zero-order chi connectivity index (χ0) is 25.0. The van der Waals surface area contributed by atoms with E-state index in [4.69, 9.17) is 10.00 Å². The molecule has 0 spiro atoms. The van der Waals surface area contributed by atoms with Gasteiger partial charge in [0.05, 0.1) is 25.3 Å². The molecule has 2 saturated carbocycles. The van der Waals surface area contributed by atoms with Gasteiger partial charge in [0.2, 0.25) is 0 Å². The van der Waals surface area contributed by atoms with Gasteiger partial charge in [0.1, 0.15) is 5.60 Å². The number of aliphatic hydroxyl groups excluding tert-OH is 2. The van der Waals surface area contributed by atoms with Crippen LogP contribution in [-0.4, -0.2) is 64.2 Å². The lowest BCUT2D eigenvalue weighted by Crippen LogP contribution is -2.46. The third-order valence-corrected chi connectivity index (χ3v) is 7.13. The Hall–Kier alpha value is -1.32. The van der Waals surface area contributed by atoms with E-state index in [-0.39, 0.29) is 27.1 Å². The van der Waals surface area contributed by atoms with Gasteiger partial charge in [-0.2, -0.15) is 5.26 Å². The Labute approximate surface area is 207 Å². The maximum atomic E-state index is 11.6. The number of hydrogen-bond acceptors (Lipinski definition) is 8. The summed E-state index contributed by atoms with van der Waals surface area (Å²) in [7, 11) is 1.30. The highest BCUT2D eigenvalue weighted by Gasteiger charge is 2.31. The Bertz CT molecular complexity index is 683. The van der Waals surface area contributed by atoms with Gasteiger partial charge in [-0.05, 0) is 71.4 Å². The first-order chi connectivity index (χ1) is 15.5. The number of esters is 1. The predicted molar refractivity (Wildman–Crippen MR) is 133 cm³/mol. The van der Waals surface area contributed by atoms with Crippen molar-refractivity contribution in [2.45, 2.75) is 102 Å². The number of halogens is 1. The van der Waals surface area contributed by atoms with Crippen LogP contribution in [0.25, 0.3) is 0 Å². The second kappa shape index (κ2) is 14.8. The molecule has 4 unspecified atom stereocenters. The van der Waals surface area contributed by atoms with E-state index in [2.05, 4.69) is 13.2 Å². The molecule has 9 nitrogen and oxygen atoms in total. The molecular formula is C23H40IN3O6. The second-order valence-corrected chi connectivity index (χ2v) is 11.2. The van der Waals surface area contributed by atoms with Crippen molar-refractivity contribution in [3.8, 4) is 6.07 Å². The maximum Gasteiger partial charge on any atom is 0.407 e. The van der Waals surface area contributed by atoms with Crippen molar-refractivity contribution in [2.75, 3.05) is 12.0 Å². The molecular weight excluding hydrogens is 541 g/mol. The van der Waals surface area contributed by atoms with Crippen LogP contribution < -0.4 is 5.32 Å². The fourth-order valence-corrected chi connectivity index (χ4v) is 4.85. The molecule has 2 rings (SSSR count). The molecule has 33 heavy (non-hydrogen) atoms. The molecule has 10 heteroatoms. The van der Waals surface area contributed by atoms with E-state index in [1.165, 1.54) is 32.8 Å². The summed E-state index contributed by atoms with van der Waals surface area (Å²) in [5.74, 6) is 0.585. The van der Waals surface area contributed by atoms with E-state index in [1.807, 2.05) is 4.93 Å². The van der Waals surface area contributed by atoms with Crippen LogP contribution >= 0.6 is 21.0 Å². The van der Waals surface area contributed by atoms with E-state index in [0.29, 0.717) is 18.3 Å². The van der Waals surface area contributed by atoms with E-state index in [0.717, 1.165) is 19.3 Å². The Morgan fingerprint density at radius 3 is 2.09 bits per heavy atom. The van der Waals surface area contributed by atoms with Gasteiger partial charge in [-0.15, -0.1) is 0 Å². The number of ether oxygens (including phenoxy) is 2. The van der Waals surface area contributed by atoms with Crippen molar-refractivity contribution in [3.05, 3.63) is 0 Å². The second-order valence-electron chi connectivity index (χ2n) is 9.69. The summed E-state index contributed by atoms with van der Waals surface area (Å²) in [6, 6.07) is 0.990. The molecule has 2 aliphatic rings. The van der Waals surface area contributed by atoms with E-state index in [9.17, 15) is 19.8 Å². The highest BCUT2D eigenvalue weighted by molar-refractivity contribution is 14.2. The highest BCUT2D eigenvalue weighted by atomic mass is 127. The van der Waals surface area contributed by atoms with Gasteiger partial charge >= 0.3 is 12.1 Å². The number of nitrogens with one attached hydrogen (secondary N) is 1. The van der Waals surface area contributed by atoms with Crippen LogP contribution in [0.5, 0.6) is 0 Å². The first kappa shape index (κ1) is 29.7. The maximum absolute atomic E-state index is 11.6. The first-order valence-corrected chi connectivity index (χ1v) is 14.6. The Kier molecular flexibility index (Phi) is 13.4. The topological polar surface area (TPSA) is 141 Å². The Balaban J connectivity index is 0.000000335. The Morgan fingerprint density at radius 1 is 1.15 bits per heavy atom. The number of carbonyl (C=O) groups is 2. The standard InChI is InChI=1S/C13H22N2O3.C10H18INO3/c1-13(2,3)18-12(17)15-10(11(16)8-14)7-9-5-4-6-9;1-11-12-8(6-7-4-3-5-7)9(13)10(14)15-2/h9-11,16H,4-7H2,1-3H3,(H,15,17);7-9,13H,3-6H2,1-2H3. The summed E-state index contributed by atoms with van der Waals surface area (Å²) in [5, 5.41) is 30.7. The summed E-state index contributed by atoms with van der Waals surface area (Å²) >= 11 is -0.253. The van der Waals surface area contributed by atoms with E-state index in [1.54, 1.807) is 26.8 Å². The van der Waals surface area contributed by atoms with Crippen molar-refractivity contribution in [1.29, 1.82) is 5.26 Å². The number of alkyl halides is 1. The zero-order valence-electron chi connectivity index (χ0n) is 20.4. The van der Waals surface area contributed by atoms with Crippen molar-refractivity contribution in [2.24, 2.45) is 15.0 Å². The van der Waals surface area contributed by atoms with Crippen molar-refractivity contribution in [3.63, 3.8) is 0 Å². The number of aliphatic hydroxyl groups is 2. The molecule has 190 valence electrons. The SMILES string of the molecule is CC(C)(C)OC(=O)NC(CC1CCC1)C(O)C#N.COC(=O)C(O)C(CC1CCC1)N=IC. The van der Waals surface area contributed by atoms with Gasteiger partial charge in [0.15, 0.2) is 12.2 Å². The van der Waals surface area contributed by atoms with Gasteiger partial charge in [-0.3, -0.25) is 3.15 Å². The highest BCUT2D eigenvalue weighted by Crippen LogP contribution is 2.33. The third kappa shape index (κ3) is 11.6. The lowest BCUT2D eigenvalue weighted by Gasteiger charge is -2.31. The van der Waals surface area contributed by atoms with Gasteiger partial charge in [0.25, 0.3) is 0 Å². The van der Waals surface area contributed by atoms with Crippen molar-refractivity contribution in [1.82, 2.24) is 5.32 Å². The molecule has 4 atom stereocenters. The molecule has 2 fully saturated rings. The van der Waals surface area contributed by atoms with E-state index >= 15 is 0 Å². The molecule has 0 bridgehead atoms. The molecule has 0 saturated heterocycles. The van der Waals surface area contributed by atoms with Crippen molar-refractivity contribution < 1.29 is 29.3 Å². The average Bonchev–Trinajstić information content (AvgIpc) is 2.68. The number of amides is 1. The molecule has 3 N–H and O–H groups in total. The number of carbonyl (C=O) groups excluding carboxylic acids is 2. The van der Waals surface area contributed by atoms with Gasteiger partial charge < -0.3 is 25.0 Å². The largest absolute Gasteiger partial charge is 0.467 e. The van der Waals surface area contributed by atoms with E-state index < -0.39 is 35.9 Å². The lowest BCUT2D eigenvalue weighted by atomic mass is 9.80. The number of methoxy groups -OCH3 is 1. The predicted octanol–water partition coefficient (Wildman–Crippen LogP) is 3.82. The number of hydrogen-bond donors (Lipinski definition) is 3. The summed E-state index contributed by atoms with van der Waals surface area (Å²) in [4.78, 5) is 24.8. The summed E-state index contributed by atoms with van der Waals surface area (Å²) in [6.07, 6.45) is 5.73. The summed E-state index contributed by atoms with van der Waals surface area (Å²) in [5.41, 5.74) is -0.581. The molecule has 2 aliphatic carbocycles. The number of rotatable bonds is 9. The number of alkyl carbamates (subject to hydrolysis) is 1. The fraction of sp³-hybridized carbons (Fsp3) is 0.870. The van der Waals surface area contributed by atoms with Gasteiger partial charge in [0, 0.05) is 0 Å². The molecule has 0 heterocycles. The Morgan fingerprint density at radius 2 is 1.70 bits per heavy atom. The average molecular weight is 581 g/mol. The van der Waals surface area contributed by atoms with Gasteiger partial charge in [-0.1, -0.05) is 38.5 Å². The minimum absolute atomic E-state index is 0.236. The number of nitrogens with zero attached hydrogens (tertiary/aromatic N) is 2. The third-order valence-electron chi connectivity index (χ3n) is 5.86. The first-order valence-electron chi connectivity index (χ1n) is 11.5. The monoisotopic (exact) mass is 581 g/mol. The molecule has 0 aliphatic heterocycles. The minimum atomic E-state index is -1.18. The fourth-order valence-electron chi connectivity index (χ4n) is 3.60. The molecule has 0 aromatic rings. The van der Waals surface area contributed by atoms with Crippen LogP contribution in [0.2, 0.25) is 0 Å². The van der Waals surface area contributed by atoms with Crippen LogP contribution in [-0.2, 0) is 14.3 Å². The van der Waals surface area contributed by atoms with Gasteiger partial charge in [-0.25, -0.2) is 9.59 Å².